The first-order valence-corrected chi connectivity index (χ1v) is 5.80. The van der Waals surface area contributed by atoms with Crippen LogP contribution in [0.4, 0.5) is 5.69 Å². The molecule has 0 bridgehead atoms. The van der Waals surface area contributed by atoms with E-state index < -0.39 is 11.8 Å². The quantitative estimate of drug-likeness (QED) is 0.759. The Morgan fingerprint density at radius 2 is 1.78 bits per heavy atom. The summed E-state index contributed by atoms with van der Waals surface area (Å²) in [6.45, 7) is 4.50. The zero-order chi connectivity index (χ0) is 13.7. The van der Waals surface area contributed by atoms with Crippen LogP contribution in [0.5, 0.6) is 0 Å². The molecule has 0 aliphatic rings. The molecule has 3 N–H and O–H groups in total. The van der Waals surface area contributed by atoms with Gasteiger partial charge in [0.05, 0.1) is 0 Å². The van der Waals surface area contributed by atoms with Crippen LogP contribution in [0, 0.1) is 13.8 Å². The van der Waals surface area contributed by atoms with E-state index >= 15 is 0 Å². The normalized spacial score (nSPS) is 10.0. The molecular weight excluding hydrogens is 230 g/mol. The Morgan fingerprint density at radius 1 is 1.22 bits per heavy atom. The van der Waals surface area contributed by atoms with Crippen molar-refractivity contribution in [3.8, 4) is 0 Å². The van der Waals surface area contributed by atoms with Gasteiger partial charge in [-0.2, -0.15) is 0 Å². The standard InChI is InChI=1S/C13H19N3O2/c1-9-6-10(2)8-11(7-9)16(3)13(18)12(17)15-5-4-14/h6-8H,4-5,14H2,1-3H3,(H,15,17). The van der Waals surface area contributed by atoms with Crippen LogP contribution in [0.1, 0.15) is 11.1 Å². The van der Waals surface area contributed by atoms with E-state index in [9.17, 15) is 9.59 Å². The Hall–Kier alpha value is -1.88. The third-order valence-corrected chi connectivity index (χ3v) is 2.52. The lowest BCUT2D eigenvalue weighted by Crippen LogP contribution is -2.42. The van der Waals surface area contributed by atoms with E-state index in [1.165, 1.54) is 4.90 Å². The fraction of sp³-hybridized carbons (Fsp3) is 0.385. The molecule has 18 heavy (non-hydrogen) atoms. The topological polar surface area (TPSA) is 75.4 Å². The van der Waals surface area contributed by atoms with Crippen LogP contribution in [0.25, 0.3) is 0 Å². The number of hydrogen-bond donors (Lipinski definition) is 2. The monoisotopic (exact) mass is 249 g/mol. The van der Waals surface area contributed by atoms with Gasteiger partial charge in [-0.25, -0.2) is 0 Å². The summed E-state index contributed by atoms with van der Waals surface area (Å²) in [7, 11) is 1.58. The zero-order valence-corrected chi connectivity index (χ0v) is 11.0. The maximum atomic E-state index is 11.8. The molecule has 98 valence electrons. The number of carbonyl (C=O) groups excluding carboxylic acids is 2. The number of aryl methyl sites for hydroxylation is 2. The highest BCUT2D eigenvalue weighted by atomic mass is 16.2. The van der Waals surface area contributed by atoms with E-state index in [0.717, 1.165) is 11.1 Å². The van der Waals surface area contributed by atoms with E-state index in [4.69, 9.17) is 5.73 Å². The van der Waals surface area contributed by atoms with Crippen molar-refractivity contribution < 1.29 is 9.59 Å². The molecule has 1 aromatic rings. The van der Waals surface area contributed by atoms with Gasteiger partial charge in [0.25, 0.3) is 0 Å². The van der Waals surface area contributed by atoms with Gasteiger partial charge in [-0.3, -0.25) is 9.59 Å². The number of anilines is 1. The number of nitrogens with zero attached hydrogens (tertiary/aromatic N) is 1. The SMILES string of the molecule is Cc1cc(C)cc(N(C)C(=O)C(=O)NCCN)c1. The van der Waals surface area contributed by atoms with Crippen molar-refractivity contribution >= 4 is 17.5 Å². The Labute approximate surface area is 107 Å². The smallest absolute Gasteiger partial charge is 0.316 e. The summed E-state index contributed by atoms with van der Waals surface area (Å²) in [4.78, 5) is 24.7. The van der Waals surface area contributed by atoms with E-state index in [-0.39, 0.29) is 0 Å². The molecular formula is C13H19N3O2. The summed E-state index contributed by atoms with van der Waals surface area (Å²) < 4.78 is 0. The van der Waals surface area contributed by atoms with Crippen LogP contribution < -0.4 is 16.0 Å². The number of rotatable bonds is 3. The van der Waals surface area contributed by atoms with Gasteiger partial charge in [0.1, 0.15) is 0 Å². The zero-order valence-electron chi connectivity index (χ0n) is 11.0. The largest absolute Gasteiger partial charge is 0.347 e. The second-order valence-electron chi connectivity index (χ2n) is 4.25. The van der Waals surface area contributed by atoms with Gasteiger partial charge in [-0.1, -0.05) is 6.07 Å². The molecule has 0 aromatic heterocycles. The van der Waals surface area contributed by atoms with Crippen LogP contribution in [-0.2, 0) is 9.59 Å². The van der Waals surface area contributed by atoms with Crippen LogP contribution in [0.15, 0.2) is 18.2 Å². The second kappa shape index (κ2) is 6.16. The predicted octanol–water partition coefficient (Wildman–Crippen LogP) is 0.341. The molecule has 0 unspecified atom stereocenters. The minimum Gasteiger partial charge on any atom is -0.347 e. The van der Waals surface area contributed by atoms with Gasteiger partial charge in [-0.15, -0.1) is 0 Å². The van der Waals surface area contributed by atoms with Crippen LogP contribution >= 0.6 is 0 Å². The highest BCUT2D eigenvalue weighted by molar-refractivity contribution is 6.40. The van der Waals surface area contributed by atoms with Crippen molar-refractivity contribution in [3.05, 3.63) is 29.3 Å². The van der Waals surface area contributed by atoms with E-state index in [0.29, 0.717) is 18.8 Å². The number of hydrogen-bond acceptors (Lipinski definition) is 3. The molecule has 5 nitrogen and oxygen atoms in total. The Kier molecular flexibility index (Phi) is 4.85. The average molecular weight is 249 g/mol. The highest BCUT2D eigenvalue weighted by Crippen LogP contribution is 2.17. The van der Waals surface area contributed by atoms with Crippen molar-refractivity contribution in [2.24, 2.45) is 5.73 Å². The van der Waals surface area contributed by atoms with Crippen molar-refractivity contribution in [2.45, 2.75) is 13.8 Å². The number of amides is 2. The molecule has 0 heterocycles. The lowest BCUT2D eigenvalue weighted by atomic mass is 10.1. The van der Waals surface area contributed by atoms with E-state index in [1.807, 2.05) is 32.0 Å². The summed E-state index contributed by atoms with van der Waals surface area (Å²) >= 11 is 0. The Morgan fingerprint density at radius 3 is 2.28 bits per heavy atom. The first kappa shape index (κ1) is 14.2. The third kappa shape index (κ3) is 3.56. The molecule has 2 amide bonds. The molecule has 1 rings (SSSR count). The number of likely N-dealkylation sites (N-methyl/N-ethyl adjacent to an activating group) is 1. The highest BCUT2D eigenvalue weighted by Gasteiger charge is 2.19. The second-order valence-corrected chi connectivity index (χ2v) is 4.25. The first-order chi connectivity index (χ1) is 8.45. The van der Waals surface area contributed by atoms with Gasteiger partial charge in [0, 0.05) is 25.8 Å². The van der Waals surface area contributed by atoms with Gasteiger partial charge in [0.2, 0.25) is 0 Å². The van der Waals surface area contributed by atoms with Gasteiger partial charge in [0.15, 0.2) is 0 Å². The Balaban J connectivity index is 2.82. The summed E-state index contributed by atoms with van der Waals surface area (Å²) in [5.74, 6) is -1.23. The molecule has 0 aliphatic carbocycles. The molecule has 1 aromatic carbocycles. The molecule has 0 radical (unpaired) electrons. The van der Waals surface area contributed by atoms with Crippen molar-refractivity contribution in [1.82, 2.24) is 5.32 Å². The van der Waals surface area contributed by atoms with E-state index in [2.05, 4.69) is 5.32 Å². The van der Waals surface area contributed by atoms with Crippen LogP contribution in [-0.4, -0.2) is 32.0 Å². The lowest BCUT2D eigenvalue weighted by molar-refractivity contribution is -0.137. The third-order valence-electron chi connectivity index (χ3n) is 2.52. The molecule has 0 aliphatic heterocycles. The van der Waals surface area contributed by atoms with Gasteiger partial charge in [-0.05, 0) is 37.1 Å². The maximum Gasteiger partial charge on any atom is 0.316 e. The Bertz CT molecular complexity index is 437. The van der Waals surface area contributed by atoms with Crippen LogP contribution in [0.3, 0.4) is 0 Å². The molecule has 0 saturated heterocycles. The number of carbonyl (C=O) groups is 2. The minimum atomic E-state index is -0.637. The molecule has 0 atom stereocenters. The summed E-state index contributed by atoms with van der Waals surface area (Å²) in [6.07, 6.45) is 0. The van der Waals surface area contributed by atoms with E-state index in [1.54, 1.807) is 7.05 Å². The summed E-state index contributed by atoms with van der Waals surface area (Å²) in [6, 6.07) is 5.73. The molecule has 0 saturated carbocycles. The number of nitrogens with one attached hydrogen (secondary N) is 1. The molecule has 5 heteroatoms. The fourth-order valence-electron chi connectivity index (χ4n) is 1.68. The number of nitrogens with two attached hydrogens (primary N) is 1. The summed E-state index contributed by atoms with van der Waals surface area (Å²) in [5.41, 5.74) is 8.07. The van der Waals surface area contributed by atoms with Crippen LogP contribution in [0.2, 0.25) is 0 Å². The summed E-state index contributed by atoms with van der Waals surface area (Å²) in [5, 5.41) is 2.46. The number of benzene rings is 1. The maximum absolute atomic E-state index is 11.8. The van der Waals surface area contributed by atoms with Crippen molar-refractivity contribution in [1.29, 1.82) is 0 Å². The molecule has 0 spiro atoms. The van der Waals surface area contributed by atoms with Crippen molar-refractivity contribution in [2.75, 3.05) is 25.0 Å². The predicted molar refractivity (Wildman–Crippen MR) is 71.4 cm³/mol. The first-order valence-electron chi connectivity index (χ1n) is 5.80. The average Bonchev–Trinajstić information content (AvgIpc) is 2.32. The van der Waals surface area contributed by atoms with Gasteiger partial charge < -0.3 is 16.0 Å². The molecule has 0 fully saturated rings. The minimum absolute atomic E-state index is 0.297. The fourth-order valence-corrected chi connectivity index (χ4v) is 1.68. The van der Waals surface area contributed by atoms with Crippen molar-refractivity contribution in [3.63, 3.8) is 0 Å². The lowest BCUT2D eigenvalue weighted by Gasteiger charge is -2.18. The van der Waals surface area contributed by atoms with Gasteiger partial charge >= 0.3 is 11.8 Å².